The molecule has 0 rings (SSSR count). The molecule has 0 saturated carbocycles. The normalized spacial score (nSPS) is 10.8. The molecule has 1 nitrogen and oxygen atoms in total. The van der Waals surface area contributed by atoms with E-state index in [0.29, 0.717) is 12.3 Å². The third-order valence-electron chi connectivity index (χ3n) is 0.803. The molecule has 0 heterocycles. The van der Waals surface area contributed by atoms with Gasteiger partial charge in [-0.25, -0.2) is 0 Å². The molecule has 0 aromatic carbocycles. The largest absolute Gasteiger partial charge is 0.311 e. The van der Waals surface area contributed by atoms with E-state index < -0.39 is 5.84 Å². The maximum atomic E-state index is 11.2. The van der Waals surface area contributed by atoms with Crippen LogP contribution >= 0.6 is 21.3 Å². The van der Waals surface area contributed by atoms with Crippen LogP contribution in [0.2, 0.25) is 0 Å². The van der Waals surface area contributed by atoms with Gasteiger partial charge in [-0.2, -0.15) is 0 Å². The van der Waals surface area contributed by atoms with Gasteiger partial charge in [0, 0.05) is 12.3 Å². The van der Waals surface area contributed by atoms with Crippen LogP contribution in [0.4, 0.5) is 0 Å². The molecule has 0 fully saturated rings. The van der Waals surface area contributed by atoms with Crippen molar-refractivity contribution in [2.75, 3.05) is 12.3 Å². The Morgan fingerprint density at radius 3 is 1.89 bits per heavy atom. The zero-order valence-electron chi connectivity index (χ0n) is 5.22. The first kappa shape index (κ1) is 9.19. The van der Waals surface area contributed by atoms with E-state index in [1.165, 1.54) is 0 Å². The van der Waals surface area contributed by atoms with Crippen LogP contribution in [0.15, 0.2) is 25.3 Å². The Balaban J connectivity index is 3.85. The average Bonchev–Trinajstić information content (AvgIpc) is 1.64. The van der Waals surface area contributed by atoms with E-state index in [0.717, 1.165) is 0 Å². The Labute approximate surface area is 64.0 Å². The maximum Gasteiger partial charge on any atom is 0.155 e. The average molecular weight is 209 g/mol. The molecule has 0 aliphatic carbocycles. The molecule has 0 saturated heterocycles. The van der Waals surface area contributed by atoms with Crippen LogP contribution in [-0.4, -0.2) is 12.3 Å². The quantitative estimate of drug-likeness (QED) is 0.513. The third kappa shape index (κ3) is 4.68. The SMILES string of the molecule is C=CCP(=O)(Br)CC=C. The Morgan fingerprint density at radius 2 is 1.67 bits per heavy atom. The molecule has 0 aliphatic rings. The molecular formula is C6H10BrOP. The number of hydrogen-bond donors (Lipinski definition) is 0. The lowest BCUT2D eigenvalue weighted by Crippen LogP contribution is -1.80. The van der Waals surface area contributed by atoms with Crippen molar-refractivity contribution in [2.45, 2.75) is 0 Å². The summed E-state index contributed by atoms with van der Waals surface area (Å²) >= 11 is 3.12. The molecule has 0 unspecified atom stereocenters. The monoisotopic (exact) mass is 208 g/mol. The van der Waals surface area contributed by atoms with Crippen molar-refractivity contribution in [3.63, 3.8) is 0 Å². The van der Waals surface area contributed by atoms with Crippen molar-refractivity contribution in [3.8, 4) is 0 Å². The Morgan fingerprint density at radius 1 is 1.33 bits per heavy atom. The second-order valence-electron chi connectivity index (χ2n) is 1.73. The number of hydrogen-bond acceptors (Lipinski definition) is 1. The maximum absolute atomic E-state index is 11.2. The topological polar surface area (TPSA) is 17.1 Å². The van der Waals surface area contributed by atoms with E-state index in [2.05, 4.69) is 28.6 Å². The lowest BCUT2D eigenvalue weighted by molar-refractivity contribution is 0.589. The highest BCUT2D eigenvalue weighted by Crippen LogP contribution is 2.53. The number of halogens is 1. The van der Waals surface area contributed by atoms with E-state index in [4.69, 9.17) is 0 Å². The van der Waals surface area contributed by atoms with Crippen molar-refractivity contribution in [3.05, 3.63) is 25.3 Å². The van der Waals surface area contributed by atoms with Crippen LogP contribution in [0.5, 0.6) is 0 Å². The van der Waals surface area contributed by atoms with Gasteiger partial charge in [-0.3, -0.25) is 0 Å². The fourth-order valence-corrected chi connectivity index (χ4v) is 2.61. The van der Waals surface area contributed by atoms with E-state index in [1.54, 1.807) is 12.2 Å². The lowest BCUT2D eigenvalue weighted by Gasteiger charge is -2.02. The molecule has 0 aromatic rings. The zero-order valence-corrected chi connectivity index (χ0v) is 7.70. The van der Waals surface area contributed by atoms with Crippen molar-refractivity contribution in [1.29, 1.82) is 0 Å². The lowest BCUT2D eigenvalue weighted by atomic mass is 10.8. The number of allylic oxidation sites excluding steroid dienone is 2. The van der Waals surface area contributed by atoms with Gasteiger partial charge in [-0.15, -0.1) is 13.2 Å². The molecule has 9 heavy (non-hydrogen) atoms. The fraction of sp³-hybridized carbons (Fsp3) is 0.333. The van der Waals surface area contributed by atoms with Crippen LogP contribution < -0.4 is 0 Å². The molecule has 0 N–H and O–H groups in total. The summed E-state index contributed by atoms with van der Waals surface area (Å²) in [5, 5.41) is 0. The van der Waals surface area contributed by atoms with Gasteiger partial charge < -0.3 is 4.57 Å². The highest BCUT2D eigenvalue weighted by Gasteiger charge is 2.11. The van der Waals surface area contributed by atoms with Crippen molar-refractivity contribution in [1.82, 2.24) is 0 Å². The summed E-state index contributed by atoms with van der Waals surface area (Å²) in [4.78, 5) is 0. The van der Waals surface area contributed by atoms with Crippen LogP contribution in [-0.2, 0) is 4.57 Å². The summed E-state index contributed by atoms with van der Waals surface area (Å²) in [6, 6.07) is 0. The van der Waals surface area contributed by atoms with Gasteiger partial charge >= 0.3 is 0 Å². The predicted molar refractivity (Wildman–Crippen MR) is 46.7 cm³/mol. The molecule has 0 spiro atoms. The van der Waals surface area contributed by atoms with Crippen molar-refractivity contribution < 1.29 is 4.57 Å². The Bertz CT molecular complexity index is 139. The predicted octanol–water partition coefficient (Wildman–Crippen LogP) is 3.03. The summed E-state index contributed by atoms with van der Waals surface area (Å²) in [5.74, 6) is -2.12. The summed E-state index contributed by atoms with van der Waals surface area (Å²) in [6.45, 7) is 6.98. The summed E-state index contributed by atoms with van der Waals surface area (Å²) < 4.78 is 11.2. The van der Waals surface area contributed by atoms with E-state index >= 15 is 0 Å². The minimum atomic E-state index is -2.12. The van der Waals surface area contributed by atoms with Crippen molar-refractivity contribution in [2.24, 2.45) is 0 Å². The van der Waals surface area contributed by atoms with Gasteiger partial charge in [0.1, 0.15) is 0 Å². The van der Waals surface area contributed by atoms with E-state index in [1.807, 2.05) is 0 Å². The molecule has 0 atom stereocenters. The minimum Gasteiger partial charge on any atom is -0.311 e. The Hall–Kier alpha value is 0.190. The molecule has 0 bridgehead atoms. The molecule has 0 amide bonds. The van der Waals surface area contributed by atoms with Crippen LogP contribution in [0.25, 0.3) is 0 Å². The van der Waals surface area contributed by atoms with Gasteiger partial charge in [0.25, 0.3) is 0 Å². The van der Waals surface area contributed by atoms with Crippen molar-refractivity contribution >= 4 is 21.3 Å². The molecule has 0 aromatic heterocycles. The smallest absolute Gasteiger partial charge is 0.155 e. The van der Waals surface area contributed by atoms with E-state index in [-0.39, 0.29) is 0 Å². The highest BCUT2D eigenvalue weighted by atomic mass is 79.9. The highest BCUT2D eigenvalue weighted by molar-refractivity contribution is 9.40. The summed E-state index contributed by atoms with van der Waals surface area (Å²) in [6.07, 6.45) is 4.39. The molecule has 52 valence electrons. The second kappa shape index (κ2) is 4.08. The second-order valence-corrected chi connectivity index (χ2v) is 7.92. The fourth-order valence-electron chi connectivity index (χ4n) is 0.460. The summed E-state index contributed by atoms with van der Waals surface area (Å²) in [5.41, 5.74) is 0. The zero-order chi connectivity index (χ0) is 7.33. The minimum absolute atomic E-state index is 0.541. The number of rotatable bonds is 4. The first-order valence-electron chi connectivity index (χ1n) is 2.62. The van der Waals surface area contributed by atoms with Crippen LogP contribution in [0.1, 0.15) is 0 Å². The van der Waals surface area contributed by atoms with Gasteiger partial charge in [0.2, 0.25) is 0 Å². The third-order valence-corrected chi connectivity index (χ3v) is 4.15. The molecular weight excluding hydrogens is 199 g/mol. The standard InChI is InChI=1S/C6H10BrOP/c1-3-5-9(7,8)6-4-2/h3-4H,1-2,5-6H2. The molecule has 0 aliphatic heterocycles. The summed E-state index contributed by atoms with van der Waals surface area (Å²) in [7, 11) is 0. The van der Waals surface area contributed by atoms with Crippen LogP contribution in [0, 0.1) is 0 Å². The van der Waals surface area contributed by atoms with Gasteiger partial charge in [0.05, 0.1) is 0 Å². The van der Waals surface area contributed by atoms with Gasteiger partial charge in [-0.1, -0.05) is 12.2 Å². The van der Waals surface area contributed by atoms with Gasteiger partial charge in [-0.05, 0) is 15.5 Å². The van der Waals surface area contributed by atoms with Crippen LogP contribution in [0.3, 0.4) is 0 Å². The first-order chi connectivity index (χ1) is 4.12. The first-order valence-corrected chi connectivity index (χ1v) is 6.71. The van der Waals surface area contributed by atoms with Gasteiger partial charge in [0.15, 0.2) is 5.84 Å². The Kier molecular flexibility index (Phi) is 4.16. The van der Waals surface area contributed by atoms with E-state index in [9.17, 15) is 4.57 Å². The molecule has 3 heteroatoms. The molecule has 0 radical (unpaired) electrons.